The van der Waals surface area contributed by atoms with Crippen LogP contribution in [0.4, 0.5) is 5.82 Å². The van der Waals surface area contributed by atoms with E-state index in [0.717, 1.165) is 31.5 Å². The molecular weight excluding hydrogens is 316 g/mol. The largest absolute Gasteiger partial charge is 0.478 e. The van der Waals surface area contributed by atoms with Gasteiger partial charge in [0.25, 0.3) is 0 Å². The molecule has 0 aliphatic heterocycles. The van der Waals surface area contributed by atoms with Gasteiger partial charge < -0.3 is 15.7 Å². The summed E-state index contributed by atoms with van der Waals surface area (Å²) >= 11 is 5.68. The number of hydrogen-bond donors (Lipinski definition) is 3. The van der Waals surface area contributed by atoms with Crippen molar-refractivity contribution in [2.75, 3.05) is 18.4 Å². The Morgan fingerprint density at radius 1 is 1.17 bits per heavy atom. The maximum atomic E-state index is 11.0. The highest BCUT2D eigenvalue weighted by atomic mass is 35.5. The predicted molar refractivity (Wildman–Crippen MR) is 88.1 cm³/mol. The molecule has 23 heavy (non-hydrogen) atoms. The number of carboxylic acid groups (broad SMARTS) is 1. The number of hydrogen-bond acceptors (Lipinski definition) is 5. The minimum atomic E-state index is -0.877. The minimum Gasteiger partial charge on any atom is -0.478 e. The highest BCUT2D eigenvalue weighted by Gasteiger charge is 2.21. The summed E-state index contributed by atoms with van der Waals surface area (Å²) in [5.41, 5.74) is 2.70. The molecule has 0 bridgehead atoms. The molecule has 1 aromatic carbocycles. The standard InChI is InChI=1S/C16H17ClN4O2/c17-14-3-4-15(21-20-14)19-6-5-18-13-8-10-1-2-11(16(22)23)7-12(10)9-13/h1-4,7,13,18H,5-6,8-9H2,(H,19,21)(H,22,23). The second-order valence-corrected chi connectivity index (χ2v) is 5.90. The number of nitrogens with one attached hydrogen (secondary N) is 2. The van der Waals surface area contributed by atoms with Crippen LogP contribution in [0, 0.1) is 0 Å². The first-order valence-electron chi connectivity index (χ1n) is 7.43. The molecule has 6 nitrogen and oxygen atoms in total. The van der Waals surface area contributed by atoms with E-state index < -0.39 is 5.97 Å². The first-order chi connectivity index (χ1) is 11.1. The number of aromatic nitrogens is 2. The van der Waals surface area contributed by atoms with E-state index in [1.54, 1.807) is 24.3 Å². The summed E-state index contributed by atoms with van der Waals surface area (Å²) < 4.78 is 0. The molecule has 1 aromatic heterocycles. The Balaban J connectivity index is 1.45. The van der Waals surface area contributed by atoms with Gasteiger partial charge in [0.1, 0.15) is 5.82 Å². The van der Waals surface area contributed by atoms with Crippen LogP contribution in [0.3, 0.4) is 0 Å². The summed E-state index contributed by atoms with van der Waals surface area (Å²) in [5.74, 6) is -0.186. The summed E-state index contributed by atoms with van der Waals surface area (Å²) in [5, 5.41) is 23.8. The predicted octanol–water partition coefficient (Wildman–Crippen LogP) is 2.00. The molecule has 0 saturated carbocycles. The van der Waals surface area contributed by atoms with E-state index in [9.17, 15) is 4.79 Å². The molecule has 0 spiro atoms. The van der Waals surface area contributed by atoms with Crippen LogP contribution in [-0.2, 0) is 12.8 Å². The van der Waals surface area contributed by atoms with Gasteiger partial charge in [0.05, 0.1) is 5.56 Å². The van der Waals surface area contributed by atoms with Crippen molar-refractivity contribution < 1.29 is 9.90 Å². The van der Waals surface area contributed by atoms with Gasteiger partial charge in [-0.25, -0.2) is 4.79 Å². The van der Waals surface area contributed by atoms with Crippen LogP contribution in [0.5, 0.6) is 0 Å². The lowest BCUT2D eigenvalue weighted by atomic mass is 10.1. The summed E-state index contributed by atoms with van der Waals surface area (Å²) in [6, 6.07) is 9.19. The van der Waals surface area contributed by atoms with Crippen LogP contribution in [0.1, 0.15) is 21.5 Å². The Morgan fingerprint density at radius 2 is 2.00 bits per heavy atom. The van der Waals surface area contributed by atoms with Crippen LogP contribution in [0.15, 0.2) is 30.3 Å². The third-order valence-corrected chi connectivity index (χ3v) is 4.08. The summed E-state index contributed by atoms with van der Waals surface area (Å²) in [6.07, 6.45) is 1.78. The number of nitrogens with zero attached hydrogens (tertiary/aromatic N) is 2. The number of halogens is 1. The first kappa shape index (κ1) is 15.7. The fourth-order valence-corrected chi connectivity index (χ4v) is 2.87. The van der Waals surface area contributed by atoms with E-state index in [1.807, 2.05) is 6.07 Å². The van der Waals surface area contributed by atoms with Gasteiger partial charge in [-0.2, -0.15) is 0 Å². The molecule has 1 unspecified atom stereocenters. The lowest BCUT2D eigenvalue weighted by molar-refractivity contribution is 0.0697. The van der Waals surface area contributed by atoms with Crippen molar-refractivity contribution >= 4 is 23.4 Å². The van der Waals surface area contributed by atoms with Gasteiger partial charge >= 0.3 is 5.97 Å². The quantitative estimate of drug-likeness (QED) is 0.701. The van der Waals surface area contributed by atoms with Crippen molar-refractivity contribution in [3.05, 3.63) is 52.2 Å². The topological polar surface area (TPSA) is 87.1 Å². The average Bonchev–Trinajstić information content (AvgIpc) is 2.95. The van der Waals surface area contributed by atoms with Gasteiger partial charge in [-0.15, -0.1) is 10.2 Å². The molecule has 2 aromatic rings. The number of anilines is 1. The third kappa shape index (κ3) is 3.97. The molecule has 0 amide bonds. The van der Waals surface area contributed by atoms with Gasteiger partial charge in [0, 0.05) is 19.1 Å². The Hall–Kier alpha value is -2.18. The number of carbonyl (C=O) groups is 1. The first-order valence-corrected chi connectivity index (χ1v) is 7.81. The van der Waals surface area contributed by atoms with E-state index in [1.165, 1.54) is 5.56 Å². The highest BCUT2D eigenvalue weighted by molar-refractivity contribution is 6.29. The molecule has 3 rings (SSSR count). The lowest BCUT2D eigenvalue weighted by Gasteiger charge is -2.12. The molecule has 0 fully saturated rings. The number of aromatic carboxylic acids is 1. The highest BCUT2D eigenvalue weighted by Crippen LogP contribution is 2.23. The number of carboxylic acids is 1. The number of benzene rings is 1. The van der Waals surface area contributed by atoms with E-state index in [2.05, 4.69) is 20.8 Å². The van der Waals surface area contributed by atoms with Crippen molar-refractivity contribution in [2.45, 2.75) is 18.9 Å². The SMILES string of the molecule is O=C(O)c1ccc2c(c1)CC(NCCNc1ccc(Cl)nn1)C2. The molecule has 7 heteroatoms. The monoisotopic (exact) mass is 332 g/mol. The van der Waals surface area contributed by atoms with Gasteiger partial charge in [0.15, 0.2) is 5.15 Å². The van der Waals surface area contributed by atoms with Crippen LogP contribution in [-0.4, -0.2) is 40.4 Å². The van der Waals surface area contributed by atoms with Gasteiger partial charge in [0.2, 0.25) is 0 Å². The Labute approximate surface area is 138 Å². The molecule has 0 saturated heterocycles. The summed E-state index contributed by atoms with van der Waals surface area (Å²) in [7, 11) is 0. The Morgan fingerprint density at radius 3 is 2.74 bits per heavy atom. The second kappa shape index (κ2) is 6.93. The van der Waals surface area contributed by atoms with Crippen LogP contribution in [0.25, 0.3) is 0 Å². The summed E-state index contributed by atoms with van der Waals surface area (Å²) in [4.78, 5) is 11.0. The van der Waals surface area contributed by atoms with E-state index in [0.29, 0.717) is 22.6 Å². The molecule has 120 valence electrons. The van der Waals surface area contributed by atoms with Crippen molar-refractivity contribution in [1.29, 1.82) is 0 Å². The molecule has 0 radical (unpaired) electrons. The van der Waals surface area contributed by atoms with E-state index in [4.69, 9.17) is 16.7 Å². The van der Waals surface area contributed by atoms with Crippen molar-refractivity contribution in [1.82, 2.24) is 15.5 Å². The number of fused-ring (bicyclic) bond motifs is 1. The molecule has 1 aliphatic rings. The van der Waals surface area contributed by atoms with Crippen molar-refractivity contribution in [3.8, 4) is 0 Å². The zero-order chi connectivity index (χ0) is 16.2. The maximum absolute atomic E-state index is 11.0. The lowest BCUT2D eigenvalue weighted by Crippen LogP contribution is -2.33. The zero-order valence-electron chi connectivity index (χ0n) is 12.4. The normalized spacial score (nSPS) is 16.1. The van der Waals surface area contributed by atoms with Gasteiger partial charge in [-0.1, -0.05) is 17.7 Å². The fourth-order valence-electron chi connectivity index (χ4n) is 2.77. The average molecular weight is 333 g/mol. The molecule has 1 atom stereocenters. The molecule has 3 N–H and O–H groups in total. The zero-order valence-corrected chi connectivity index (χ0v) is 13.2. The third-order valence-electron chi connectivity index (χ3n) is 3.88. The Bertz CT molecular complexity index is 706. The Kier molecular flexibility index (Phi) is 4.73. The van der Waals surface area contributed by atoms with E-state index in [-0.39, 0.29) is 0 Å². The molecule has 1 aliphatic carbocycles. The van der Waals surface area contributed by atoms with Crippen molar-refractivity contribution in [2.24, 2.45) is 0 Å². The van der Waals surface area contributed by atoms with Crippen LogP contribution in [0.2, 0.25) is 5.15 Å². The van der Waals surface area contributed by atoms with Gasteiger partial charge in [-0.05, 0) is 48.2 Å². The second-order valence-electron chi connectivity index (χ2n) is 5.52. The fraction of sp³-hybridized carbons (Fsp3) is 0.312. The summed E-state index contributed by atoms with van der Waals surface area (Å²) in [6.45, 7) is 1.51. The van der Waals surface area contributed by atoms with Gasteiger partial charge in [-0.3, -0.25) is 0 Å². The van der Waals surface area contributed by atoms with E-state index >= 15 is 0 Å². The molecule has 1 heterocycles. The molecular formula is C16H17ClN4O2. The van der Waals surface area contributed by atoms with Crippen LogP contribution < -0.4 is 10.6 Å². The van der Waals surface area contributed by atoms with Crippen molar-refractivity contribution in [3.63, 3.8) is 0 Å². The maximum Gasteiger partial charge on any atom is 0.335 e. The smallest absolute Gasteiger partial charge is 0.335 e. The number of rotatable bonds is 6. The minimum absolute atomic E-state index is 0.340. The van der Waals surface area contributed by atoms with Crippen LogP contribution >= 0.6 is 11.6 Å².